The van der Waals surface area contributed by atoms with Gasteiger partial charge in [-0.05, 0) is 18.2 Å². The van der Waals surface area contributed by atoms with E-state index in [9.17, 15) is 19.3 Å². The highest BCUT2D eigenvalue weighted by atomic mass is 19.1. The number of nitrogens with one attached hydrogen (secondary N) is 2. The number of hydrogen-bond acceptors (Lipinski definition) is 5. The molecule has 2 N–H and O–H groups in total. The Morgan fingerprint density at radius 2 is 2.10 bits per heavy atom. The molecule has 1 amide bonds. The lowest BCUT2D eigenvalue weighted by Crippen LogP contribution is -2.13. The van der Waals surface area contributed by atoms with Gasteiger partial charge in [-0.1, -0.05) is 0 Å². The molecule has 0 aliphatic rings. The summed E-state index contributed by atoms with van der Waals surface area (Å²) >= 11 is 0. The summed E-state index contributed by atoms with van der Waals surface area (Å²) in [6.45, 7) is 0. The molecule has 0 aliphatic carbocycles. The van der Waals surface area contributed by atoms with Crippen molar-refractivity contribution < 1.29 is 14.1 Å². The van der Waals surface area contributed by atoms with Gasteiger partial charge in [0, 0.05) is 19.3 Å². The second-order valence-electron chi connectivity index (χ2n) is 4.06. The Kier molecular flexibility index (Phi) is 4.07. The average molecular weight is 290 g/mol. The fourth-order valence-electron chi connectivity index (χ4n) is 1.59. The minimum absolute atomic E-state index is 0.136. The average Bonchev–Trinajstić information content (AvgIpc) is 2.49. The second-order valence-corrected chi connectivity index (χ2v) is 4.06. The lowest BCUT2D eigenvalue weighted by molar-refractivity contribution is -0.385. The summed E-state index contributed by atoms with van der Waals surface area (Å²) in [5.74, 6) is -0.844. The smallest absolute Gasteiger partial charge is 0.272 e. The fourth-order valence-corrected chi connectivity index (χ4v) is 1.59. The molecule has 0 saturated carbocycles. The maximum Gasteiger partial charge on any atom is 0.272 e. The Bertz CT molecular complexity index is 688. The van der Waals surface area contributed by atoms with Gasteiger partial charge in [0.2, 0.25) is 0 Å². The summed E-state index contributed by atoms with van der Waals surface area (Å²) in [5, 5.41) is 15.6. The number of non-ortho nitro benzene ring substituents is 1. The largest absolute Gasteiger partial charge is 0.373 e. The SMILES string of the molecule is CNc1ccc(C(=O)Nc2ccc([N+](=O)[O-])cc2F)cn1. The number of anilines is 2. The van der Waals surface area contributed by atoms with Crippen molar-refractivity contribution in [2.24, 2.45) is 0 Å². The Morgan fingerprint density at radius 1 is 1.33 bits per heavy atom. The minimum Gasteiger partial charge on any atom is -0.373 e. The van der Waals surface area contributed by atoms with Gasteiger partial charge in [-0.2, -0.15) is 0 Å². The second kappa shape index (κ2) is 5.95. The van der Waals surface area contributed by atoms with Crippen molar-refractivity contribution in [3.63, 3.8) is 0 Å². The van der Waals surface area contributed by atoms with Gasteiger partial charge < -0.3 is 10.6 Å². The first kappa shape index (κ1) is 14.4. The molecular weight excluding hydrogens is 279 g/mol. The molecule has 0 bridgehead atoms. The van der Waals surface area contributed by atoms with Crippen LogP contribution in [0.5, 0.6) is 0 Å². The van der Waals surface area contributed by atoms with Crippen molar-refractivity contribution in [2.75, 3.05) is 17.7 Å². The highest BCUT2D eigenvalue weighted by Crippen LogP contribution is 2.21. The number of pyridine rings is 1. The number of nitrogens with zero attached hydrogens (tertiary/aromatic N) is 2. The molecule has 0 radical (unpaired) electrons. The van der Waals surface area contributed by atoms with E-state index in [-0.39, 0.29) is 16.9 Å². The molecule has 1 aromatic carbocycles. The number of carbonyl (C=O) groups is 1. The van der Waals surface area contributed by atoms with Crippen LogP contribution in [0.25, 0.3) is 0 Å². The summed E-state index contributed by atoms with van der Waals surface area (Å²) in [4.78, 5) is 25.7. The van der Waals surface area contributed by atoms with E-state index >= 15 is 0 Å². The number of aromatic nitrogens is 1. The monoisotopic (exact) mass is 290 g/mol. The zero-order chi connectivity index (χ0) is 15.4. The number of carbonyl (C=O) groups excluding carboxylic acids is 1. The predicted molar refractivity (Wildman–Crippen MR) is 74.8 cm³/mol. The summed E-state index contributed by atoms with van der Waals surface area (Å²) in [6, 6.07) is 6.12. The van der Waals surface area contributed by atoms with Crippen molar-refractivity contribution in [2.45, 2.75) is 0 Å². The third kappa shape index (κ3) is 3.30. The fraction of sp³-hybridized carbons (Fsp3) is 0.0769. The van der Waals surface area contributed by atoms with Crippen molar-refractivity contribution >= 4 is 23.1 Å². The van der Waals surface area contributed by atoms with E-state index in [1.807, 2.05) is 0 Å². The Labute approximate surface area is 119 Å². The molecule has 2 aromatic rings. The van der Waals surface area contributed by atoms with Gasteiger partial charge in [-0.25, -0.2) is 9.37 Å². The molecule has 8 heteroatoms. The van der Waals surface area contributed by atoms with E-state index in [1.165, 1.54) is 12.3 Å². The van der Waals surface area contributed by atoms with Gasteiger partial charge in [0.15, 0.2) is 5.82 Å². The summed E-state index contributed by atoms with van der Waals surface area (Å²) < 4.78 is 13.7. The molecule has 0 unspecified atom stereocenters. The highest BCUT2D eigenvalue weighted by Gasteiger charge is 2.13. The summed E-state index contributed by atoms with van der Waals surface area (Å²) in [6.07, 6.45) is 1.34. The molecule has 0 saturated heterocycles. The number of nitro benzene ring substituents is 1. The molecule has 0 fully saturated rings. The quantitative estimate of drug-likeness (QED) is 0.665. The van der Waals surface area contributed by atoms with Crippen molar-refractivity contribution in [1.82, 2.24) is 4.98 Å². The lowest BCUT2D eigenvalue weighted by Gasteiger charge is -2.06. The molecule has 0 atom stereocenters. The summed E-state index contributed by atoms with van der Waals surface area (Å²) in [5.41, 5.74) is -0.277. The highest BCUT2D eigenvalue weighted by molar-refractivity contribution is 6.04. The molecule has 0 aliphatic heterocycles. The van der Waals surface area contributed by atoms with Gasteiger partial charge in [0.05, 0.1) is 22.2 Å². The van der Waals surface area contributed by atoms with Crippen LogP contribution in [-0.2, 0) is 0 Å². The Balaban J connectivity index is 2.17. The van der Waals surface area contributed by atoms with Crippen LogP contribution < -0.4 is 10.6 Å². The Hall–Kier alpha value is -3.03. The predicted octanol–water partition coefficient (Wildman–Crippen LogP) is 2.42. The van der Waals surface area contributed by atoms with E-state index in [0.717, 1.165) is 18.2 Å². The first-order chi connectivity index (χ1) is 10.0. The minimum atomic E-state index is -0.877. The summed E-state index contributed by atoms with van der Waals surface area (Å²) in [7, 11) is 1.69. The van der Waals surface area contributed by atoms with E-state index in [2.05, 4.69) is 15.6 Å². The van der Waals surface area contributed by atoms with Crippen LogP contribution in [0.3, 0.4) is 0 Å². The zero-order valence-electron chi connectivity index (χ0n) is 11.0. The van der Waals surface area contributed by atoms with Crippen LogP contribution in [0.15, 0.2) is 36.5 Å². The molecule has 2 rings (SSSR count). The van der Waals surface area contributed by atoms with Crippen LogP contribution in [-0.4, -0.2) is 22.9 Å². The first-order valence-electron chi connectivity index (χ1n) is 5.90. The third-order valence-corrected chi connectivity index (χ3v) is 2.69. The zero-order valence-corrected chi connectivity index (χ0v) is 11.0. The standard InChI is InChI=1S/C13H11FN4O3/c1-15-12-5-2-8(7-16-12)13(19)17-11-4-3-9(18(20)21)6-10(11)14/h2-7H,1H3,(H,15,16)(H,17,19). The molecule has 0 spiro atoms. The van der Waals surface area contributed by atoms with E-state index < -0.39 is 16.6 Å². The van der Waals surface area contributed by atoms with Crippen molar-refractivity contribution in [3.05, 3.63) is 58.0 Å². The molecule has 1 heterocycles. The van der Waals surface area contributed by atoms with E-state index in [0.29, 0.717) is 5.82 Å². The third-order valence-electron chi connectivity index (χ3n) is 2.69. The normalized spacial score (nSPS) is 10.0. The number of amides is 1. The van der Waals surface area contributed by atoms with Gasteiger partial charge in [0.1, 0.15) is 5.82 Å². The van der Waals surface area contributed by atoms with Crippen LogP contribution in [0.2, 0.25) is 0 Å². The molecule has 1 aromatic heterocycles. The van der Waals surface area contributed by atoms with Crippen LogP contribution in [0.1, 0.15) is 10.4 Å². The maximum absolute atomic E-state index is 13.7. The molecule has 21 heavy (non-hydrogen) atoms. The number of nitro groups is 1. The first-order valence-corrected chi connectivity index (χ1v) is 5.90. The van der Waals surface area contributed by atoms with Gasteiger partial charge in [-0.3, -0.25) is 14.9 Å². The molecule has 7 nitrogen and oxygen atoms in total. The van der Waals surface area contributed by atoms with Crippen LogP contribution in [0, 0.1) is 15.9 Å². The topological polar surface area (TPSA) is 97.2 Å². The number of halogens is 1. The van der Waals surface area contributed by atoms with Gasteiger partial charge in [0.25, 0.3) is 11.6 Å². The molecule has 108 valence electrons. The lowest BCUT2D eigenvalue weighted by atomic mass is 10.2. The van der Waals surface area contributed by atoms with Crippen LogP contribution >= 0.6 is 0 Å². The van der Waals surface area contributed by atoms with Gasteiger partial charge in [-0.15, -0.1) is 0 Å². The number of rotatable bonds is 4. The van der Waals surface area contributed by atoms with Crippen LogP contribution in [0.4, 0.5) is 21.6 Å². The Morgan fingerprint density at radius 3 is 2.62 bits per heavy atom. The molecular formula is C13H11FN4O3. The number of hydrogen-bond donors (Lipinski definition) is 2. The van der Waals surface area contributed by atoms with Gasteiger partial charge >= 0.3 is 0 Å². The van der Waals surface area contributed by atoms with E-state index in [1.54, 1.807) is 13.1 Å². The maximum atomic E-state index is 13.7. The van der Waals surface area contributed by atoms with E-state index in [4.69, 9.17) is 0 Å². The number of benzene rings is 1. The van der Waals surface area contributed by atoms with Crippen molar-refractivity contribution in [3.8, 4) is 0 Å². The van der Waals surface area contributed by atoms with Crippen molar-refractivity contribution in [1.29, 1.82) is 0 Å².